The van der Waals surface area contributed by atoms with E-state index in [0.717, 1.165) is 64.2 Å². The number of rotatable bonds is 55. The van der Waals surface area contributed by atoms with E-state index >= 15 is 0 Å². The van der Waals surface area contributed by atoms with Gasteiger partial charge in [-0.15, -0.1) is 0 Å². The maximum absolute atomic E-state index is 12.9. The smallest absolute Gasteiger partial charge is 0.306 e. The molecule has 0 saturated heterocycles. The fraction of sp³-hybridized carbons (Fsp3) is 0.885. The largest absolute Gasteiger partial charge is 0.462 e. The number of esters is 3. The van der Waals surface area contributed by atoms with Gasteiger partial charge in [0.05, 0.1) is 0 Å². The SMILES string of the molecule is CCCCCC/C=C\CCCCCCCC(=O)OC[C@H](COC(=O)CCCCCCCCC/C=C\CCCCCCCCCC)OC(=O)CCCCCCCCCCCCCCCCCCC. The standard InChI is InChI=1S/C61H114O6/c1-4-7-10-13-16-19-22-25-27-29-30-32-33-36-39-42-45-48-51-54-60(63)66-57-58(56-65-59(62)53-50-47-44-41-38-35-24-21-18-15-12-9-6-3)67-61(64)55-52-49-46-43-40-37-34-31-28-26-23-20-17-14-11-8-5-2/h21,24,29-30,58H,4-20,22-23,25-28,31-57H2,1-3H3/b24-21-,30-29-/t58-/m1/s1. The zero-order chi connectivity index (χ0) is 48.6. The molecule has 0 fully saturated rings. The van der Waals surface area contributed by atoms with Gasteiger partial charge in [0.15, 0.2) is 6.10 Å². The number of hydrogen-bond acceptors (Lipinski definition) is 6. The molecule has 0 heterocycles. The van der Waals surface area contributed by atoms with Gasteiger partial charge in [-0.1, -0.05) is 263 Å². The Morgan fingerprint density at radius 3 is 0.761 bits per heavy atom. The first-order valence-corrected chi connectivity index (χ1v) is 29.8. The molecule has 0 aromatic rings. The van der Waals surface area contributed by atoms with Gasteiger partial charge in [-0.2, -0.15) is 0 Å². The van der Waals surface area contributed by atoms with Crippen LogP contribution in [0.1, 0.15) is 329 Å². The minimum Gasteiger partial charge on any atom is -0.462 e. The third kappa shape index (κ3) is 54.7. The number of unbranched alkanes of at least 4 members (excludes halogenated alkanes) is 40. The van der Waals surface area contributed by atoms with Crippen LogP contribution in [0.3, 0.4) is 0 Å². The lowest BCUT2D eigenvalue weighted by atomic mass is 10.0. The number of ether oxygens (including phenoxy) is 3. The fourth-order valence-electron chi connectivity index (χ4n) is 8.91. The molecule has 6 heteroatoms. The third-order valence-corrected chi connectivity index (χ3v) is 13.4. The minimum atomic E-state index is -0.772. The first-order valence-electron chi connectivity index (χ1n) is 29.8. The van der Waals surface area contributed by atoms with Gasteiger partial charge in [0, 0.05) is 19.3 Å². The average molecular weight is 944 g/mol. The first kappa shape index (κ1) is 64.9. The van der Waals surface area contributed by atoms with E-state index in [-0.39, 0.29) is 31.1 Å². The first-order chi connectivity index (χ1) is 33.0. The number of carbonyl (C=O) groups excluding carboxylic acids is 3. The minimum absolute atomic E-state index is 0.0718. The van der Waals surface area contributed by atoms with Crippen molar-refractivity contribution in [3.63, 3.8) is 0 Å². The van der Waals surface area contributed by atoms with Crippen LogP contribution in [0, 0.1) is 0 Å². The molecular formula is C61H114O6. The Balaban J connectivity index is 4.31. The van der Waals surface area contributed by atoms with Crippen LogP contribution in [0.4, 0.5) is 0 Å². The molecule has 0 aromatic carbocycles. The Bertz CT molecular complexity index is 1080. The van der Waals surface area contributed by atoms with Gasteiger partial charge in [0.1, 0.15) is 13.2 Å². The molecule has 0 aliphatic rings. The Kier molecular flexibility index (Phi) is 54.7. The van der Waals surface area contributed by atoms with Crippen molar-refractivity contribution >= 4 is 17.9 Å². The lowest BCUT2D eigenvalue weighted by molar-refractivity contribution is -0.167. The van der Waals surface area contributed by atoms with E-state index < -0.39 is 6.10 Å². The molecule has 0 amide bonds. The Morgan fingerprint density at radius 1 is 0.284 bits per heavy atom. The maximum Gasteiger partial charge on any atom is 0.306 e. The molecule has 0 aliphatic heterocycles. The van der Waals surface area contributed by atoms with Gasteiger partial charge < -0.3 is 14.2 Å². The van der Waals surface area contributed by atoms with Crippen molar-refractivity contribution in [3.05, 3.63) is 24.3 Å². The molecule has 0 saturated carbocycles. The summed E-state index contributed by atoms with van der Waals surface area (Å²) in [6, 6.07) is 0. The van der Waals surface area contributed by atoms with Crippen LogP contribution in [-0.4, -0.2) is 37.2 Å². The van der Waals surface area contributed by atoms with Crippen LogP contribution in [0.15, 0.2) is 24.3 Å². The zero-order valence-electron chi connectivity index (χ0n) is 45.2. The summed E-state index contributed by atoms with van der Waals surface area (Å²) in [7, 11) is 0. The van der Waals surface area contributed by atoms with Crippen LogP contribution in [0.25, 0.3) is 0 Å². The predicted octanol–water partition coefficient (Wildman–Crippen LogP) is 19.9. The molecule has 0 spiro atoms. The van der Waals surface area contributed by atoms with Gasteiger partial charge in [-0.3, -0.25) is 14.4 Å². The monoisotopic (exact) mass is 943 g/mol. The molecule has 67 heavy (non-hydrogen) atoms. The lowest BCUT2D eigenvalue weighted by Crippen LogP contribution is -2.30. The van der Waals surface area contributed by atoms with Crippen molar-refractivity contribution in [2.45, 2.75) is 335 Å². The Morgan fingerprint density at radius 2 is 0.493 bits per heavy atom. The summed E-state index contributed by atoms with van der Waals surface area (Å²) < 4.78 is 16.9. The highest BCUT2D eigenvalue weighted by atomic mass is 16.6. The van der Waals surface area contributed by atoms with E-state index in [0.29, 0.717) is 19.3 Å². The van der Waals surface area contributed by atoms with E-state index in [2.05, 4.69) is 45.1 Å². The normalized spacial score (nSPS) is 12.1. The van der Waals surface area contributed by atoms with E-state index in [4.69, 9.17) is 14.2 Å². The molecule has 394 valence electrons. The van der Waals surface area contributed by atoms with Crippen molar-refractivity contribution in [2.24, 2.45) is 0 Å². The van der Waals surface area contributed by atoms with Gasteiger partial charge in [-0.05, 0) is 70.6 Å². The Labute approximate surface area is 417 Å². The molecule has 0 unspecified atom stereocenters. The van der Waals surface area contributed by atoms with Gasteiger partial charge >= 0.3 is 17.9 Å². The summed E-state index contributed by atoms with van der Waals surface area (Å²) in [5, 5.41) is 0. The van der Waals surface area contributed by atoms with Crippen LogP contribution in [0.2, 0.25) is 0 Å². The van der Waals surface area contributed by atoms with Crippen molar-refractivity contribution in [3.8, 4) is 0 Å². The Hall–Kier alpha value is -2.11. The van der Waals surface area contributed by atoms with Gasteiger partial charge in [-0.25, -0.2) is 0 Å². The molecule has 6 nitrogen and oxygen atoms in total. The van der Waals surface area contributed by atoms with Crippen molar-refractivity contribution in [2.75, 3.05) is 13.2 Å². The summed E-state index contributed by atoms with van der Waals surface area (Å²) in [4.78, 5) is 38.2. The zero-order valence-corrected chi connectivity index (χ0v) is 45.2. The molecule has 0 radical (unpaired) electrons. The summed E-state index contributed by atoms with van der Waals surface area (Å²) in [6.45, 7) is 6.67. The summed E-state index contributed by atoms with van der Waals surface area (Å²) >= 11 is 0. The number of allylic oxidation sites excluding steroid dienone is 4. The molecular weight excluding hydrogens is 829 g/mol. The number of carbonyl (C=O) groups is 3. The van der Waals surface area contributed by atoms with E-state index in [1.165, 1.54) is 225 Å². The fourth-order valence-corrected chi connectivity index (χ4v) is 8.91. The van der Waals surface area contributed by atoms with Crippen LogP contribution in [0.5, 0.6) is 0 Å². The average Bonchev–Trinajstić information content (AvgIpc) is 3.33. The molecule has 0 aliphatic carbocycles. The summed E-state index contributed by atoms with van der Waals surface area (Å²) in [6.07, 6.45) is 66.0. The van der Waals surface area contributed by atoms with E-state index in [1.54, 1.807) is 0 Å². The second-order valence-electron chi connectivity index (χ2n) is 20.3. The van der Waals surface area contributed by atoms with Gasteiger partial charge in [0.2, 0.25) is 0 Å². The maximum atomic E-state index is 12.9. The highest BCUT2D eigenvalue weighted by Gasteiger charge is 2.19. The predicted molar refractivity (Wildman–Crippen MR) is 289 cm³/mol. The second kappa shape index (κ2) is 56.5. The van der Waals surface area contributed by atoms with Crippen molar-refractivity contribution in [1.82, 2.24) is 0 Å². The second-order valence-corrected chi connectivity index (χ2v) is 20.3. The quantitative estimate of drug-likeness (QED) is 0.0262. The van der Waals surface area contributed by atoms with Crippen molar-refractivity contribution in [1.29, 1.82) is 0 Å². The van der Waals surface area contributed by atoms with Crippen LogP contribution >= 0.6 is 0 Å². The highest BCUT2D eigenvalue weighted by molar-refractivity contribution is 5.71. The lowest BCUT2D eigenvalue weighted by Gasteiger charge is -2.18. The molecule has 1 atom stereocenters. The third-order valence-electron chi connectivity index (χ3n) is 13.4. The van der Waals surface area contributed by atoms with Crippen LogP contribution in [-0.2, 0) is 28.6 Å². The van der Waals surface area contributed by atoms with Crippen molar-refractivity contribution < 1.29 is 28.6 Å². The van der Waals surface area contributed by atoms with E-state index in [1.807, 2.05) is 0 Å². The molecule has 0 aromatic heterocycles. The summed E-state index contributed by atoms with van der Waals surface area (Å²) in [5.41, 5.74) is 0. The number of hydrogen-bond donors (Lipinski definition) is 0. The highest BCUT2D eigenvalue weighted by Crippen LogP contribution is 2.17. The van der Waals surface area contributed by atoms with Crippen LogP contribution < -0.4 is 0 Å². The van der Waals surface area contributed by atoms with E-state index in [9.17, 15) is 14.4 Å². The molecule has 0 N–H and O–H groups in total. The topological polar surface area (TPSA) is 78.9 Å². The molecule has 0 rings (SSSR count). The summed E-state index contributed by atoms with van der Waals surface area (Å²) in [5.74, 6) is -0.863. The van der Waals surface area contributed by atoms with Gasteiger partial charge in [0.25, 0.3) is 0 Å². The molecule has 0 bridgehead atoms.